The minimum Gasteiger partial charge on any atom is -0.0582 e. The van der Waals surface area contributed by atoms with Crippen LogP contribution in [0.1, 0.15) is 95.7 Å². The number of hydrogen-bond donors (Lipinski definition) is 0. The predicted molar refractivity (Wildman–Crippen MR) is 136 cm³/mol. The van der Waals surface area contributed by atoms with Gasteiger partial charge in [-0.05, 0) is 49.6 Å². The minimum atomic E-state index is 0.154. The maximum atomic E-state index is 2.28. The lowest BCUT2D eigenvalue weighted by atomic mass is 9.79. The zero-order chi connectivity index (χ0) is 23.0. The van der Waals surface area contributed by atoms with Crippen LogP contribution < -0.4 is 0 Å². The van der Waals surface area contributed by atoms with E-state index in [0.717, 1.165) is 0 Å². The second kappa shape index (κ2) is 8.30. The van der Waals surface area contributed by atoms with Crippen molar-refractivity contribution in [2.45, 2.75) is 78.6 Å². The highest BCUT2D eigenvalue weighted by molar-refractivity contribution is 5.58. The molecule has 0 heterocycles. The van der Waals surface area contributed by atoms with E-state index >= 15 is 0 Å². The third kappa shape index (κ3) is 5.48. The van der Waals surface area contributed by atoms with E-state index in [-0.39, 0.29) is 16.2 Å². The number of benzene rings is 3. The molecule has 0 amide bonds. The molecule has 0 unspecified atom stereocenters. The van der Waals surface area contributed by atoms with E-state index in [1.54, 1.807) is 0 Å². The lowest BCUT2D eigenvalue weighted by molar-refractivity contribution is 0.590. The van der Waals surface area contributed by atoms with E-state index in [2.05, 4.69) is 135 Å². The molecule has 0 bridgehead atoms. The first-order chi connectivity index (χ1) is 14.3. The molecule has 163 valence electrons. The monoisotopic (exact) mass is 411 g/mol. The van der Waals surface area contributed by atoms with Gasteiger partial charge < -0.3 is 0 Å². The van der Waals surface area contributed by atoms with Crippen molar-refractivity contribution in [2.24, 2.45) is 0 Å². The molecular weight excluding hydrogens is 372 g/mol. The molecule has 0 fully saturated rings. The molecule has 0 saturated heterocycles. The zero-order valence-electron chi connectivity index (χ0n) is 20.9. The molecule has 0 aliphatic heterocycles. The van der Waals surface area contributed by atoms with Crippen LogP contribution in [0, 0.1) is 5.92 Å². The van der Waals surface area contributed by atoms with Crippen molar-refractivity contribution in [3.63, 3.8) is 0 Å². The number of hydrogen-bond acceptors (Lipinski definition) is 0. The first kappa shape index (κ1) is 23.3. The summed E-state index contributed by atoms with van der Waals surface area (Å²) in [5.74, 6) is 1.29. The summed E-state index contributed by atoms with van der Waals surface area (Å²) in [6.07, 6.45) is 0. The second-order valence-corrected chi connectivity index (χ2v) is 11.9. The van der Waals surface area contributed by atoms with Gasteiger partial charge in [0.05, 0.1) is 5.92 Å². The molecule has 3 aromatic carbocycles. The van der Waals surface area contributed by atoms with Gasteiger partial charge >= 0.3 is 0 Å². The molecule has 3 aromatic rings. The van der Waals surface area contributed by atoms with Crippen LogP contribution in [0.2, 0.25) is 0 Å². The molecule has 3 rings (SSSR count). The highest BCUT2D eigenvalue weighted by Crippen LogP contribution is 2.35. The highest BCUT2D eigenvalue weighted by Gasteiger charge is 2.22. The average molecular weight is 412 g/mol. The molecule has 0 nitrogen and oxygen atoms in total. The van der Waals surface area contributed by atoms with Crippen molar-refractivity contribution < 1.29 is 0 Å². The van der Waals surface area contributed by atoms with Gasteiger partial charge in [-0.15, -0.1) is 0 Å². The van der Waals surface area contributed by atoms with E-state index in [9.17, 15) is 0 Å². The Labute approximate surface area is 190 Å². The van der Waals surface area contributed by atoms with Crippen LogP contribution in [0.25, 0.3) is 0 Å². The Morgan fingerprint density at radius 3 is 0.710 bits per heavy atom. The van der Waals surface area contributed by atoms with Gasteiger partial charge in [-0.25, -0.2) is 0 Å². The summed E-state index contributed by atoms with van der Waals surface area (Å²) < 4.78 is 0. The first-order valence-corrected chi connectivity index (χ1v) is 11.5. The smallest absolute Gasteiger partial charge is 0.0582 e. The SMILES string of the molecule is CC(C)(C)c1ccc([C](c2ccc(C(C)(C)C)cc2)c2ccc(C(C)(C)C)cc2)cc1. The van der Waals surface area contributed by atoms with E-state index in [1.807, 2.05) is 0 Å². The molecule has 0 aliphatic rings. The largest absolute Gasteiger partial charge is 0.0629 e. The molecule has 0 spiro atoms. The molecule has 31 heavy (non-hydrogen) atoms. The summed E-state index contributed by atoms with van der Waals surface area (Å²) in [6, 6.07) is 27.4. The minimum absolute atomic E-state index is 0.154. The Morgan fingerprint density at radius 2 is 0.548 bits per heavy atom. The van der Waals surface area contributed by atoms with Crippen LogP contribution in [-0.2, 0) is 16.2 Å². The van der Waals surface area contributed by atoms with Gasteiger partial charge in [0.15, 0.2) is 0 Å². The van der Waals surface area contributed by atoms with E-state index in [1.165, 1.54) is 39.3 Å². The van der Waals surface area contributed by atoms with Crippen molar-refractivity contribution >= 4 is 0 Å². The maximum absolute atomic E-state index is 2.28. The van der Waals surface area contributed by atoms with Crippen LogP contribution in [0.3, 0.4) is 0 Å². The highest BCUT2D eigenvalue weighted by atomic mass is 14.3. The Morgan fingerprint density at radius 1 is 0.355 bits per heavy atom. The normalized spacial score (nSPS) is 13.0. The average Bonchev–Trinajstić information content (AvgIpc) is 2.67. The second-order valence-electron chi connectivity index (χ2n) is 11.9. The van der Waals surface area contributed by atoms with Crippen molar-refractivity contribution in [1.82, 2.24) is 0 Å². The van der Waals surface area contributed by atoms with Crippen LogP contribution in [0.5, 0.6) is 0 Å². The van der Waals surface area contributed by atoms with Crippen LogP contribution in [-0.4, -0.2) is 0 Å². The van der Waals surface area contributed by atoms with Gasteiger partial charge in [0, 0.05) is 0 Å². The molecule has 0 aliphatic carbocycles. The predicted octanol–water partition coefficient (Wildman–Crippen LogP) is 8.60. The summed E-state index contributed by atoms with van der Waals surface area (Å²) in [5.41, 5.74) is 8.34. The number of rotatable bonds is 3. The molecule has 0 aromatic heterocycles. The van der Waals surface area contributed by atoms with Crippen molar-refractivity contribution in [3.8, 4) is 0 Å². The quantitative estimate of drug-likeness (QED) is 0.378. The molecular formula is C31H39. The fraction of sp³-hybridized carbons (Fsp3) is 0.387. The van der Waals surface area contributed by atoms with Crippen molar-refractivity contribution in [3.05, 3.63) is 112 Å². The molecule has 1 radical (unpaired) electrons. The van der Waals surface area contributed by atoms with Gasteiger partial charge in [0.1, 0.15) is 0 Å². The molecule has 0 N–H and O–H groups in total. The molecule has 0 heteroatoms. The third-order valence-corrected chi connectivity index (χ3v) is 6.12. The van der Waals surface area contributed by atoms with Crippen molar-refractivity contribution in [2.75, 3.05) is 0 Å². The Bertz CT molecular complexity index is 844. The lowest BCUT2D eigenvalue weighted by Crippen LogP contribution is -2.13. The Balaban J connectivity index is 2.08. The fourth-order valence-corrected chi connectivity index (χ4v) is 3.91. The van der Waals surface area contributed by atoms with E-state index in [4.69, 9.17) is 0 Å². The molecule has 0 saturated carbocycles. The van der Waals surface area contributed by atoms with Gasteiger partial charge in [0.2, 0.25) is 0 Å². The lowest BCUT2D eigenvalue weighted by Gasteiger charge is -2.24. The van der Waals surface area contributed by atoms with Crippen LogP contribution in [0.15, 0.2) is 72.8 Å². The van der Waals surface area contributed by atoms with Crippen LogP contribution in [0.4, 0.5) is 0 Å². The van der Waals surface area contributed by atoms with Gasteiger partial charge in [-0.2, -0.15) is 0 Å². The Kier molecular flexibility index (Phi) is 6.25. The summed E-state index contributed by atoms with van der Waals surface area (Å²) in [5, 5.41) is 0. The molecule has 0 atom stereocenters. The first-order valence-electron chi connectivity index (χ1n) is 11.5. The zero-order valence-corrected chi connectivity index (χ0v) is 20.9. The third-order valence-electron chi connectivity index (χ3n) is 6.12. The van der Waals surface area contributed by atoms with Gasteiger partial charge in [-0.1, -0.05) is 135 Å². The van der Waals surface area contributed by atoms with E-state index in [0.29, 0.717) is 0 Å². The van der Waals surface area contributed by atoms with Gasteiger partial charge in [-0.3, -0.25) is 0 Å². The summed E-state index contributed by atoms with van der Waals surface area (Å²) >= 11 is 0. The summed E-state index contributed by atoms with van der Waals surface area (Å²) in [6.45, 7) is 20.4. The van der Waals surface area contributed by atoms with Gasteiger partial charge in [0.25, 0.3) is 0 Å². The van der Waals surface area contributed by atoms with Crippen LogP contribution >= 0.6 is 0 Å². The maximum Gasteiger partial charge on any atom is 0.0629 e. The van der Waals surface area contributed by atoms with Crippen molar-refractivity contribution in [1.29, 1.82) is 0 Å². The summed E-state index contributed by atoms with van der Waals surface area (Å²) in [4.78, 5) is 0. The topological polar surface area (TPSA) is 0 Å². The summed E-state index contributed by atoms with van der Waals surface area (Å²) in [7, 11) is 0. The Hall–Kier alpha value is -2.34. The van der Waals surface area contributed by atoms with E-state index < -0.39 is 0 Å². The fourth-order valence-electron chi connectivity index (χ4n) is 3.91. The standard InChI is InChI=1S/C31H39/c1-29(2,3)25-16-10-22(11-17-25)28(23-12-18-26(19-13-23)30(4,5)6)24-14-20-27(21-15-24)31(7,8)9/h10-21H,1-9H3.